The summed E-state index contributed by atoms with van der Waals surface area (Å²) in [5.41, 5.74) is 5.04. The van der Waals surface area contributed by atoms with Crippen molar-refractivity contribution in [3.8, 4) is 0 Å². The SMILES string of the molecule is Cc1cc(C)c(NC(=O)CNC(=O)Cn2cnc3ccc(C)cc3c2=O)c(C)c1. The number of fused-ring (bicyclic) bond motifs is 1. The molecule has 0 aliphatic carbocycles. The van der Waals surface area contributed by atoms with Gasteiger partial charge in [-0.15, -0.1) is 0 Å². The molecule has 7 nitrogen and oxygen atoms in total. The summed E-state index contributed by atoms with van der Waals surface area (Å²) in [4.78, 5) is 41.2. The molecular weight excluding hydrogens is 368 g/mol. The summed E-state index contributed by atoms with van der Waals surface area (Å²) in [7, 11) is 0. The summed E-state index contributed by atoms with van der Waals surface area (Å²) < 4.78 is 1.24. The highest BCUT2D eigenvalue weighted by Gasteiger charge is 2.12. The standard InChI is InChI=1S/C22H24N4O3/c1-13-5-6-18-17(9-13)22(29)26(12-24-18)11-20(28)23-10-19(27)25-21-15(3)7-14(2)8-16(21)4/h5-9,12H,10-11H2,1-4H3,(H,23,28)(H,25,27). The topological polar surface area (TPSA) is 93.1 Å². The normalized spacial score (nSPS) is 10.8. The van der Waals surface area contributed by atoms with Crippen LogP contribution in [0.25, 0.3) is 10.9 Å². The number of anilines is 1. The Kier molecular flexibility index (Phi) is 5.77. The quantitative estimate of drug-likeness (QED) is 0.697. The lowest BCUT2D eigenvalue weighted by atomic mass is 10.1. The van der Waals surface area contributed by atoms with E-state index >= 15 is 0 Å². The minimum absolute atomic E-state index is 0.180. The fourth-order valence-electron chi connectivity index (χ4n) is 3.34. The summed E-state index contributed by atoms with van der Waals surface area (Å²) >= 11 is 0. The molecule has 3 rings (SSSR count). The number of aryl methyl sites for hydroxylation is 4. The number of hydrogen-bond acceptors (Lipinski definition) is 4. The maximum absolute atomic E-state index is 12.6. The summed E-state index contributed by atoms with van der Waals surface area (Å²) in [5, 5.41) is 5.84. The second-order valence-corrected chi connectivity index (χ2v) is 7.30. The van der Waals surface area contributed by atoms with Crippen LogP contribution in [0.2, 0.25) is 0 Å². The Morgan fingerprint density at radius 1 is 0.966 bits per heavy atom. The Morgan fingerprint density at radius 2 is 1.66 bits per heavy atom. The van der Waals surface area contributed by atoms with Gasteiger partial charge in [0.15, 0.2) is 0 Å². The van der Waals surface area contributed by atoms with Gasteiger partial charge >= 0.3 is 0 Å². The van der Waals surface area contributed by atoms with Crippen LogP contribution in [0.5, 0.6) is 0 Å². The molecule has 0 radical (unpaired) electrons. The lowest BCUT2D eigenvalue weighted by molar-refractivity contribution is -0.124. The molecule has 3 aromatic rings. The van der Waals surface area contributed by atoms with Crippen LogP contribution < -0.4 is 16.2 Å². The van der Waals surface area contributed by atoms with Gasteiger partial charge in [-0.3, -0.25) is 19.0 Å². The van der Waals surface area contributed by atoms with E-state index in [4.69, 9.17) is 0 Å². The predicted octanol–water partition coefficient (Wildman–Crippen LogP) is 2.39. The van der Waals surface area contributed by atoms with Crippen LogP contribution in [0.4, 0.5) is 5.69 Å². The molecular formula is C22H24N4O3. The van der Waals surface area contributed by atoms with Crippen molar-refractivity contribution >= 4 is 28.4 Å². The fraction of sp³-hybridized carbons (Fsp3) is 0.273. The molecule has 0 aliphatic rings. The lowest BCUT2D eigenvalue weighted by Crippen LogP contribution is -2.37. The van der Waals surface area contributed by atoms with Gasteiger partial charge in [-0.2, -0.15) is 0 Å². The average Bonchev–Trinajstić information content (AvgIpc) is 2.65. The molecule has 2 aromatic carbocycles. The number of amides is 2. The minimum Gasteiger partial charge on any atom is -0.345 e. The van der Waals surface area contributed by atoms with Gasteiger partial charge in [-0.05, 0) is 51.0 Å². The van der Waals surface area contributed by atoms with Crippen molar-refractivity contribution in [3.05, 3.63) is 69.3 Å². The molecule has 29 heavy (non-hydrogen) atoms. The molecule has 1 heterocycles. The zero-order valence-electron chi connectivity index (χ0n) is 17.0. The minimum atomic E-state index is -0.437. The van der Waals surface area contributed by atoms with Crippen LogP contribution in [0.3, 0.4) is 0 Å². The van der Waals surface area contributed by atoms with Gasteiger partial charge in [0, 0.05) is 5.69 Å². The van der Waals surface area contributed by atoms with Crippen molar-refractivity contribution in [2.24, 2.45) is 0 Å². The zero-order chi connectivity index (χ0) is 21.1. The van der Waals surface area contributed by atoms with E-state index in [2.05, 4.69) is 15.6 Å². The summed E-state index contributed by atoms with van der Waals surface area (Å²) in [6, 6.07) is 9.38. The highest BCUT2D eigenvalue weighted by molar-refractivity contribution is 5.95. The van der Waals surface area contributed by atoms with Crippen molar-refractivity contribution in [1.82, 2.24) is 14.9 Å². The zero-order valence-corrected chi connectivity index (χ0v) is 17.0. The number of nitrogens with zero attached hydrogens (tertiary/aromatic N) is 2. The molecule has 0 spiro atoms. The number of rotatable bonds is 5. The van der Waals surface area contributed by atoms with Crippen molar-refractivity contribution in [2.75, 3.05) is 11.9 Å². The first kappa shape index (κ1) is 20.3. The van der Waals surface area contributed by atoms with Gasteiger partial charge in [0.25, 0.3) is 5.56 Å². The van der Waals surface area contributed by atoms with E-state index in [1.54, 1.807) is 12.1 Å². The fourth-order valence-corrected chi connectivity index (χ4v) is 3.34. The van der Waals surface area contributed by atoms with E-state index in [9.17, 15) is 14.4 Å². The van der Waals surface area contributed by atoms with Gasteiger partial charge in [0.1, 0.15) is 6.54 Å². The summed E-state index contributed by atoms with van der Waals surface area (Å²) in [6.07, 6.45) is 1.35. The average molecular weight is 392 g/mol. The molecule has 0 bridgehead atoms. The maximum atomic E-state index is 12.6. The third kappa shape index (κ3) is 4.68. The van der Waals surface area contributed by atoms with Crippen LogP contribution in [0.15, 0.2) is 41.5 Å². The summed E-state index contributed by atoms with van der Waals surface area (Å²) in [5.74, 6) is -0.763. The Hall–Kier alpha value is -3.48. The van der Waals surface area contributed by atoms with E-state index in [0.717, 1.165) is 27.9 Å². The maximum Gasteiger partial charge on any atom is 0.261 e. The Morgan fingerprint density at radius 3 is 2.34 bits per heavy atom. The highest BCUT2D eigenvalue weighted by Crippen LogP contribution is 2.21. The van der Waals surface area contributed by atoms with Gasteiger partial charge in [-0.1, -0.05) is 29.3 Å². The van der Waals surface area contributed by atoms with E-state index < -0.39 is 5.91 Å². The Labute approximate surface area is 168 Å². The molecule has 0 saturated carbocycles. The number of carbonyl (C=O) groups is 2. The van der Waals surface area contributed by atoms with Crippen LogP contribution in [0.1, 0.15) is 22.3 Å². The first-order valence-electron chi connectivity index (χ1n) is 9.35. The number of benzene rings is 2. The van der Waals surface area contributed by atoms with Crippen molar-refractivity contribution < 1.29 is 9.59 Å². The van der Waals surface area contributed by atoms with Crippen molar-refractivity contribution in [3.63, 3.8) is 0 Å². The van der Waals surface area contributed by atoms with Gasteiger partial charge in [-0.25, -0.2) is 4.98 Å². The number of aromatic nitrogens is 2. The molecule has 0 fully saturated rings. The monoisotopic (exact) mass is 392 g/mol. The highest BCUT2D eigenvalue weighted by atomic mass is 16.2. The Balaban J connectivity index is 1.63. The Bertz CT molecular complexity index is 1140. The number of hydrogen-bond donors (Lipinski definition) is 2. The van der Waals surface area contributed by atoms with Crippen molar-refractivity contribution in [2.45, 2.75) is 34.2 Å². The third-order valence-electron chi connectivity index (χ3n) is 4.68. The first-order chi connectivity index (χ1) is 13.7. The third-order valence-corrected chi connectivity index (χ3v) is 4.68. The largest absolute Gasteiger partial charge is 0.345 e. The smallest absolute Gasteiger partial charge is 0.261 e. The molecule has 0 saturated heterocycles. The second kappa shape index (κ2) is 8.26. The molecule has 0 atom stereocenters. The van der Waals surface area contributed by atoms with E-state index in [1.165, 1.54) is 10.9 Å². The van der Waals surface area contributed by atoms with E-state index in [-0.39, 0.29) is 24.6 Å². The number of carbonyl (C=O) groups excluding carboxylic acids is 2. The molecule has 2 N–H and O–H groups in total. The molecule has 0 aliphatic heterocycles. The van der Waals surface area contributed by atoms with Crippen LogP contribution in [-0.2, 0) is 16.1 Å². The second-order valence-electron chi connectivity index (χ2n) is 7.30. The van der Waals surface area contributed by atoms with Gasteiger partial charge in [0.05, 0.1) is 23.8 Å². The van der Waals surface area contributed by atoms with Crippen LogP contribution >= 0.6 is 0 Å². The molecule has 150 valence electrons. The molecule has 7 heteroatoms. The van der Waals surface area contributed by atoms with E-state index in [1.807, 2.05) is 45.9 Å². The number of nitrogens with one attached hydrogen (secondary N) is 2. The lowest BCUT2D eigenvalue weighted by Gasteiger charge is -2.13. The van der Waals surface area contributed by atoms with Crippen LogP contribution in [-0.4, -0.2) is 27.9 Å². The van der Waals surface area contributed by atoms with Crippen LogP contribution in [0, 0.1) is 27.7 Å². The predicted molar refractivity (Wildman–Crippen MR) is 113 cm³/mol. The van der Waals surface area contributed by atoms with Gasteiger partial charge in [0.2, 0.25) is 11.8 Å². The molecule has 0 unspecified atom stereocenters. The van der Waals surface area contributed by atoms with E-state index in [0.29, 0.717) is 10.9 Å². The first-order valence-corrected chi connectivity index (χ1v) is 9.35. The van der Waals surface area contributed by atoms with Crippen molar-refractivity contribution in [1.29, 1.82) is 0 Å². The molecule has 2 amide bonds. The molecule has 1 aromatic heterocycles. The van der Waals surface area contributed by atoms with Gasteiger partial charge < -0.3 is 10.6 Å². The summed E-state index contributed by atoms with van der Waals surface area (Å²) in [6.45, 7) is 7.35.